The fourth-order valence-electron chi connectivity index (χ4n) is 0.894. The molecule has 0 aromatic carbocycles. The number of nitrogens with zero attached hydrogens (tertiary/aromatic N) is 5. The molecule has 2 aromatic heterocycles. The molecule has 0 amide bonds. The van der Waals surface area contributed by atoms with E-state index < -0.39 is 0 Å². The Kier molecular flexibility index (Phi) is 3.53. The van der Waals surface area contributed by atoms with Crippen molar-refractivity contribution in [3.8, 4) is 0 Å². The third-order valence-corrected chi connectivity index (χ3v) is 3.73. The van der Waals surface area contributed by atoms with Gasteiger partial charge < -0.3 is 0 Å². The first-order valence-electron chi connectivity index (χ1n) is 3.99. The van der Waals surface area contributed by atoms with Gasteiger partial charge in [0.15, 0.2) is 0 Å². The van der Waals surface area contributed by atoms with Crippen molar-refractivity contribution < 1.29 is 0 Å². The van der Waals surface area contributed by atoms with Crippen LogP contribution in [-0.4, -0.2) is 25.2 Å². The van der Waals surface area contributed by atoms with Gasteiger partial charge in [0.2, 0.25) is 5.16 Å². The number of hydrogen-bond acceptors (Lipinski definition) is 5. The van der Waals surface area contributed by atoms with Gasteiger partial charge in [0, 0.05) is 7.05 Å². The fourth-order valence-corrected chi connectivity index (χ4v) is 2.27. The zero-order valence-electron chi connectivity index (χ0n) is 7.86. The minimum absolute atomic E-state index is 0.198. The monoisotopic (exact) mass is 295 g/mol. The van der Waals surface area contributed by atoms with Gasteiger partial charge >= 0.3 is 0 Å². The lowest BCUT2D eigenvalue weighted by Crippen LogP contribution is -1.94. The highest BCUT2D eigenvalue weighted by molar-refractivity contribution is 7.99. The van der Waals surface area contributed by atoms with Gasteiger partial charge in [-0.25, -0.2) is 9.67 Å². The first kappa shape index (κ1) is 11.9. The zero-order chi connectivity index (χ0) is 11.7. The Labute approximate surface area is 110 Å². The summed E-state index contributed by atoms with van der Waals surface area (Å²) in [5.41, 5.74) is 0. The van der Waals surface area contributed by atoms with Crippen LogP contribution in [0.5, 0.6) is 0 Å². The van der Waals surface area contributed by atoms with Crippen LogP contribution >= 0.6 is 46.6 Å². The summed E-state index contributed by atoms with van der Waals surface area (Å²) in [7, 11) is 1.72. The molecule has 2 rings (SSSR count). The standard InChI is InChI=1S/C7H4Cl3N5S/c1-15-7(12-13-14-15)16-6-4(9)2-3(8)5(10)11-6/h2H,1H3. The lowest BCUT2D eigenvalue weighted by Gasteiger charge is -2.03. The average molecular weight is 297 g/mol. The van der Waals surface area contributed by atoms with Crippen LogP contribution in [0, 0.1) is 0 Å². The molecular formula is C7H4Cl3N5S. The third kappa shape index (κ3) is 2.40. The summed E-state index contributed by atoms with van der Waals surface area (Å²) >= 11 is 18.7. The fraction of sp³-hybridized carbons (Fsp3) is 0.143. The largest absolute Gasteiger partial charge is 0.226 e. The van der Waals surface area contributed by atoms with E-state index in [-0.39, 0.29) is 5.15 Å². The molecule has 0 atom stereocenters. The van der Waals surface area contributed by atoms with E-state index in [1.165, 1.54) is 22.5 Å². The summed E-state index contributed by atoms with van der Waals surface area (Å²) in [5, 5.41) is 13.0. The van der Waals surface area contributed by atoms with Crippen molar-refractivity contribution in [2.75, 3.05) is 0 Å². The number of pyridine rings is 1. The van der Waals surface area contributed by atoms with E-state index in [0.717, 1.165) is 0 Å². The zero-order valence-corrected chi connectivity index (χ0v) is 10.9. The van der Waals surface area contributed by atoms with Crippen LogP contribution in [0.1, 0.15) is 0 Å². The summed E-state index contributed by atoms with van der Waals surface area (Å²) in [6, 6.07) is 1.53. The molecule has 0 unspecified atom stereocenters. The Balaban J connectivity index is 2.35. The summed E-state index contributed by atoms with van der Waals surface area (Å²) in [5.74, 6) is 0. The van der Waals surface area contributed by atoms with Crippen LogP contribution in [0.3, 0.4) is 0 Å². The SMILES string of the molecule is Cn1nnnc1Sc1nc(Cl)c(Cl)cc1Cl. The van der Waals surface area contributed by atoms with Gasteiger partial charge in [0.05, 0.1) is 10.0 Å². The second-order valence-corrected chi connectivity index (χ2v) is 4.86. The Bertz CT molecular complexity index is 529. The molecule has 5 nitrogen and oxygen atoms in total. The maximum atomic E-state index is 5.97. The lowest BCUT2D eigenvalue weighted by molar-refractivity contribution is 0.664. The molecule has 16 heavy (non-hydrogen) atoms. The highest BCUT2D eigenvalue weighted by atomic mass is 35.5. The van der Waals surface area contributed by atoms with Crippen LogP contribution in [0.2, 0.25) is 15.2 Å². The van der Waals surface area contributed by atoms with Crippen LogP contribution in [0.4, 0.5) is 0 Å². The molecule has 2 aromatic rings. The van der Waals surface area contributed by atoms with E-state index in [1.807, 2.05) is 0 Å². The van der Waals surface area contributed by atoms with Crippen molar-refractivity contribution in [2.45, 2.75) is 10.2 Å². The normalized spacial score (nSPS) is 10.8. The smallest absolute Gasteiger partial charge is 0.215 e. The van der Waals surface area contributed by atoms with Crippen molar-refractivity contribution >= 4 is 46.6 Å². The van der Waals surface area contributed by atoms with Crippen LogP contribution in [0.15, 0.2) is 16.2 Å². The molecule has 0 spiro atoms. The molecule has 0 aliphatic carbocycles. The Morgan fingerprint density at radius 3 is 2.62 bits per heavy atom. The summed E-state index contributed by atoms with van der Waals surface area (Å²) < 4.78 is 1.51. The van der Waals surface area contributed by atoms with Gasteiger partial charge in [-0.1, -0.05) is 34.8 Å². The minimum atomic E-state index is 0.198. The van der Waals surface area contributed by atoms with Crippen LogP contribution in [-0.2, 0) is 7.05 Å². The van der Waals surface area contributed by atoms with Gasteiger partial charge in [0.25, 0.3) is 0 Å². The maximum absolute atomic E-state index is 5.97. The average Bonchev–Trinajstić information content (AvgIpc) is 2.61. The molecule has 0 saturated carbocycles. The summed E-state index contributed by atoms with van der Waals surface area (Å²) in [6.07, 6.45) is 0. The van der Waals surface area contributed by atoms with Gasteiger partial charge in [-0.2, -0.15) is 0 Å². The molecule has 0 fully saturated rings. The molecule has 0 saturated heterocycles. The van der Waals surface area contributed by atoms with E-state index in [2.05, 4.69) is 20.5 Å². The van der Waals surface area contributed by atoms with Gasteiger partial charge in [0.1, 0.15) is 10.2 Å². The number of tetrazole rings is 1. The number of aryl methyl sites for hydroxylation is 1. The minimum Gasteiger partial charge on any atom is -0.226 e. The molecule has 0 aliphatic heterocycles. The van der Waals surface area contributed by atoms with E-state index in [4.69, 9.17) is 34.8 Å². The second kappa shape index (κ2) is 4.75. The van der Waals surface area contributed by atoms with Crippen molar-refractivity contribution in [2.24, 2.45) is 7.05 Å². The Hall–Kier alpha value is -0.560. The van der Waals surface area contributed by atoms with Crippen LogP contribution < -0.4 is 0 Å². The van der Waals surface area contributed by atoms with Crippen molar-refractivity contribution in [1.29, 1.82) is 0 Å². The van der Waals surface area contributed by atoms with Crippen LogP contribution in [0.25, 0.3) is 0 Å². The predicted octanol–water partition coefficient (Wildman–Crippen LogP) is 2.72. The number of halogens is 3. The number of rotatable bonds is 2. The molecule has 9 heteroatoms. The van der Waals surface area contributed by atoms with Gasteiger partial charge in [-0.15, -0.1) is 5.10 Å². The van der Waals surface area contributed by atoms with E-state index >= 15 is 0 Å². The maximum Gasteiger partial charge on any atom is 0.215 e. The highest BCUT2D eigenvalue weighted by Gasteiger charge is 2.12. The quantitative estimate of drug-likeness (QED) is 0.798. The second-order valence-electron chi connectivity index (χ2n) is 2.74. The molecular weight excluding hydrogens is 293 g/mol. The Morgan fingerprint density at radius 1 is 1.25 bits per heavy atom. The Morgan fingerprint density at radius 2 is 2.00 bits per heavy atom. The predicted molar refractivity (Wildman–Crippen MR) is 62.2 cm³/mol. The van der Waals surface area contributed by atoms with E-state index in [0.29, 0.717) is 20.2 Å². The summed E-state index contributed by atoms with van der Waals surface area (Å²) in [4.78, 5) is 4.04. The van der Waals surface area contributed by atoms with E-state index in [1.54, 1.807) is 7.05 Å². The molecule has 0 radical (unpaired) electrons. The lowest BCUT2D eigenvalue weighted by atomic mass is 10.5. The van der Waals surface area contributed by atoms with Crippen molar-refractivity contribution in [1.82, 2.24) is 25.2 Å². The van der Waals surface area contributed by atoms with Crippen molar-refractivity contribution in [3.05, 3.63) is 21.3 Å². The van der Waals surface area contributed by atoms with Gasteiger partial charge in [-0.05, 0) is 28.3 Å². The molecule has 84 valence electrons. The topological polar surface area (TPSA) is 56.5 Å². The molecule has 0 aliphatic rings. The van der Waals surface area contributed by atoms with E-state index in [9.17, 15) is 0 Å². The molecule has 2 heterocycles. The first-order chi connectivity index (χ1) is 7.58. The first-order valence-corrected chi connectivity index (χ1v) is 5.94. The number of hydrogen-bond donors (Lipinski definition) is 0. The molecule has 0 N–H and O–H groups in total. The van der Waals surface area contributed by atoms with Crippen molar-refractivity contribution in [3.63, 3.8) is 0 Å². The third-order valence-electron chi connectivity index (χ3n) is 1.62. The molecule has 0 bridgehead atoms. The number of aromatic nitrogens is 5. The summed E-state index contributed by atoms with van der Waals surface area (Å²) in [6.45, 7) is 0. The van der Waals surface area contributed by atoms with Gasteiger partial charge in [-0.3, -0.25) is 0 Å². The highest BCUT2D eigenvalue weighted by Crippen LogP contribution is 2.34.